The molecule has 1 saturated carbocycles. The summed E-state index contributed by atoms with van der Waals surface area (Å²) in [5.74, 6) is -0.223. The molecule has 0 radical (unpaired) electrons. The minimum atomic E-state index is -4.77. The molecule has 0 amide bonds. The van der Waals surface area contributed by atoms with Gasteiger partial charge in [0.1, 0.15) is 5.82 Å². The van der Waals surface area contributed by atoms with E-state index in [0.29, 0.717) is 6.42 Å². The van der Waals surface area contributed by atoms with Crippen LogP contribution < -0.4 is 0 Å². The second-order valence-electron chi connectivity index (χ2n) is 10.9. The van der Waals surface area contributed by atoms with E-state index in [9.17, 15) is 26.0 Å². The van der Waals surface area contributed by atoms with Crippen LogP contribution >= 0.6 is 0 Å². The number of sulfonamides is 1. The van der Waals surface area contributed by atoms with Gasteiger partial charge in [-0.25, -0.2) is 17.5 Å². The van der Waals surface area contributed by atoms with Crippen molar-refractivity contribution in [3.63, 3.8) is 0 Å². The number of rotatable bonds is 7. The van der Waals surface area contributed by atoms with Crippen LogP contribution in [0.15, 0.2) is 70.8 Å². The summed E-state index contributed by atoms with van der Waals surface area (Å²) in [6.45, 7) is 2.48. The highest BCUT2D eigenvalue weighted by atomic mass is 32.2. The Hall–Kier alpha value is -2.98. The molecular weight excluding hydrogens is 530 g/mol. The van der Waals surface area contributed by atoms with E-state index in [1.165, 1.54) is 39.7 Å². The molecular formula is C29H29F4N3O2S. The van der Waals surface area contributed by atoms with Gasteiger partial charge in [0.2, 0.25) is 10.0 Å². The maximum atomic E-state index is 13.8. The first-order valence-electron chi connectivity index (χ1n) is 13.2. The molecule has 1 heterocycles. The molecule has 3 aliphatic carbocycles. The molecule has 206 valence electrons. The van der Waals surface area contributed by atoms with Crippen molar-refractivity contribution in [3.05, 3.63) is 88.5 Å². The molecule has 3 aromatic rings. The number of aromatic nitrogens is 2. The average molecular weight is 560 g/mol. The van der Waals surface area contributed by atoms with Crippen molar-refractivity contribution in [1.29, 1.82) is 0 Å². The Bertz CT molecular complexity index is 1540. The van der Waals surface area contributed by atoms with Crippen molar-refractivity contribution in [3.8, 4) is 5.69 Å². The second kappa shape index (κ2) is 9.59. The van der Waals surface area contributed by atoms with Crippen molar-refractivity contribution < 1.29 is 26.0 Å². The topological polar surface area (TPSA) is 55.2 Å². The van der Waals surface area contributed by atoms with Crippen molar-refractivity contribution in [2.45, 2.75) is 56.0 Å². The van der Waals surface area contributed by atoms with E-state index < -0.39 is 26.7 Å². The fraction of sp³-hybridized carbons (Fsp3) is 0.414. The molecule has 0 saturated heterocycles. The lowest BCUT2D eigenvalue weighted by atomic mass is 9.80. The normalized spacial score (nSPS) is 21.4. The summed E-state index contributed by atoms with van der Waals surface area (Å²) < 4.78 is 85.4. The molecule has 0 spiro atoms. The lowest BCUT2D eigenvalue weighted by molar-refractivity contribution is -0.139. The Balaban J connectivity index is 1.31. The van der Waals surface area contributed by atoms with Gasteiger partial charge in [-0.2, -0.15) is 22.6 Å². The monoisotopic (exact) mass is 559 g/mol. The number of benzene rings is 2. The maximum Gasteiger partial charge on any atom is 0.417 e. The molecule has 10 heteroatoms. The Morgan fingerprint density at radius 2 is 1.74 bits per heavy atom. The largest absolute Gasteiger partial charge is 0.417 e. The van der Waals surface area contributed by atoms with Crippen LogP contribution in [0.2, 0.25) is 0 Å². The number of nitrogens with zero attached hydrogens (tertiary/aromatic N) is 3. The predicted molar refractivity (Wildman–Crippen MR) is 138 cm³/mol. The highest BCUT2D eigenvalue weighted by molar-refractivity contribution is 7.89. The molecule has 2 aromatic carbocycles. The molecule has 5 nitrogen and oxygen atoms in total. The average Bonchev–Trinajstić information content (AvgIpc) is 3.47. The SMILES string of the molecule is C[C@@H]1C2=C(CC[C@@H]2CN(CC2CC2)S(=O)(=O)c2ccccc2C(F)(F)F)Cc2c1cnn2-c1ccc(F)cc1. The van der Waals surface area contributed by atoms with Crippen LogP contribution in [-0.2, 0) is 22.6 Å². The van der Waals surface area contributed by atoms with Gasteiger partial charge in [-0.15, -0.1) is 0 Å². The molecule has 2 atom stereocenters. The van der Waals surface area contributed by atoms with Crippen molar-refractivity contribution >= 4 is 10.0 Å². The molecule has 0 N–H and O–H groups in total. The quantitative estimate of drug-likeness (QED) is 0.245. The van der Waals surface area contributed by atoms with Crippen LogP contribution in [-0.4, -0.2) is 35.6 Å². The number of alkyl halides is 3. The highest BCUT2D eigenvalue weighted by Crippen LogP contribution is 2.48. The third-order valence-corrected chi connectivity index (χ3v) is 10.2. The number of halogens is 4. The van der Waals surface area contributed by atoms with Gasteiger partial charge in [-0.3, -0.25) is 0 Å². The molecule has 0 unspecified atom stereocenters. The molecule has 39 heavy (non-hydrogen) atoms. The van der Waals surface area contributed by atoms with Crippen LogP contribution in [0.3, 0.4) is 0 Å². The Kier molecular flexibility index (Phi) is 6.45. The summed E-state index contributed by atoms with van der Waals surface area (Å²) in [7, 11) is -4.37. The van der Waals surface area contributed by atoms with Crippen LogP contribution in [0.4, 0.5) is 17.6 Å². The van der Waals surface area contributed by atoms with Gasteiger partial charge in [-0.05, 0) is 73.9 Å². The third-order valence-electron chi connectivity index (χ3n) is 8.32. The van der Waals surface area contributed by atoms with Crippen LogP contribution in [0.1, 0.15) is 55.3 Å². The Morgan fingerprint density at radius 3 is 2.44 bits per heavy atom. The summed E-state index contributed by atoms with van der Waals surface area (Å²) in [4.78, 5) is -0.676. The number of fused-ring (bicyclic) bond motifs is 1. The zero-order valence-corrected chi connectivity index (χ0v) is 22.3. The van der Waals surface area contributed by atoms with Gasteiger partial charge in [0, 0.05) is 31.0 Å². The van der Waals surface area contributed by atoms with Gasteiger partial charge in [0.25, 0.3) is 0 Å². The smallest absolute Gasteiger partial charge is 0.237 e. The van der Waals surface area contributed by atoms with Gasteiger partial charge >= 0.3 is 6.18 Å². The molecule has 1 fully saturated rings. The lowest BCUT2D eigenvalue weighted by Gasteiger charge is -2.31. The number of hydrogen-bond donors (Lipinski definition) is 0. The van der Waals surface area contributed by atoms with Crippen LogP contribution in [0.5, 0.6) is 0 Å². The molecule has 0 aliphatic heterocycles. The first-order valence-corrected chi connectivity index (χ1v) is 14.7. The molecule has 0 bridgehead atoms. The molecule has 3 aliphatic rings. The van der Waals surface area contributed by atoms with Crippen molar-refractivity contribution in [1.82, 2.24) is 14.1 Å². The summed E-state index contributed by atoms with van der Waals surface area (Å²) >= 11 is 0. The van der Waals surface area contributed by atoms with E-state index in [0.717, 1.165) is 54.8 Å². The standard InChI is InChI=1S/C29H29F4N3O2S/c1-18-24-15-34-36(23-12-10-22(30)11-13-23)26(24)14-20-8-9-21(28(18)20)17-35(16-19-6-7-19)39(37,38)27-5-3-2-4-25(27)29(31,32)33/h2-5,10-13,15,18-19,21H,6-9,14,16-17H2,1H3/t18-,21+/m0/s1. The van der Waals surface area contributed by atoms with Crippen molar-refractivity contribution in [2.24, 2.45) is 11.8 Å². The van der Waals surface area contributed by atoms with E-state index in [1.54, 1.807) is 12.1 Å². The first-order chi connectivity index (χ1) is 18.5. The minimum Gasteiger partial charge on any atom is -0.237 e. The van der Waals surface area contributed by atoms with Gasteiger partial charge in [0.15, 0.2) is 0 Å². The van der Waals surface area contributed by atoms with E-state index in [4.69, 9.17) is 0 Å². The fourth-order valence-electron chi connectivity index (χ4n) is 6.25. The van der Waals surface area contributed by atoms with Gasteiger partial charge < -0.3 is 0 Å². The molecule has 1 aromatic heterocycles. The zero-order valence-electron chi connectivity index (χ0n) is 21.5. The van der Waals surface area contributed by atoms with Gasteiger partial charge in [-0.1, -0.05) is 30.2 Å². The summed E-state index contributed by atoms with van der Waals surface area (Å²) in [5.41, 5.74) is 4.15. The van der Waals surface area contributed by atoms with Crippen LogP contribution in [0.25, 0.3) is 5.69 Å². The Morgan fingerprint density at radius 1 is 1.03 bits per heavy atom. The fourth-order valence-corrected chi connectivity index (χ4v) is 8.02. The predicted octanol–water partition coefficient (Wildman–Crippen LogP) is 6.50. The number of hydrogen-bond acceptors (Lipinski definition) is 3. The minimum absolute atomic E-state index is 0.00149. The lowest BCUT2D eigenvalue weighted by Crippen LogP contribution is -2.38. The van der Waals surface area contributed by atoms with Gasteiger partial charge in [0.05, 0.1) is 28.0 Å². The highest BCUT2D eigenvalue weighted by Gasteiger charge is 2.43. The molecule has 6 rings (SSSR count). The van der Waals surface area contributed by atoms with Crippen LogP contribution in [0, 0.1) is 17.7 Å². The van der Waals surface area contributed by atoms with E-state index in [1.807, 2.05) is 10.9 Å². The van der Waals surface area contributed by atoms with Crippen molar-refractivity contribution in [2.75, 3.05) is 13.1 Å². The van der Waals surface area contributed by atoms with E-state index >= 15 is 0 Å². The summed E-state index contributed by atoms with van der Waals surface area (Å²) in [6, 6.07) is 10.6. The van der Waals surface area contributed by atoms with E-state index in [2.05, 4.69) is 12.0 Å². The summed E-state index contributed by atoms with van der Waals surface area (Å²) in [5, 5.41) is 4.58. The first kappa shape index (κ1) is 26.3. The second-order valence-corrected chi connectivity index (χ2v) is 12.8. The summed E-state index contributed by atoms with van der Waals surface area (Å²) in [6.07, 6.45) is 1.03. The van der Waals surface area contributed by atoms with E-state index in [-0.39, 0.29) is 36.7 Å². The zero-order chi connectivity index (χ0) is 27.5. The Labute approximate surface area is 225 Å². The number of allylic oxidation sites excluding steroid dienone is 1. The third kappa shape index (κ3) is 4.82. The maximum absolute atomic E-state index is 13.8.